The fourth-order valence-corrected chi connectivity index (χ4v) is 3.06. The zero-order valence-electron chi connectivity index (χ0n) is 16.1. The second-order valence-electron chi connectivity index (χ2n) is 6.90. The maximum absolute atomic E-state index is 12.1. The molecule has 0 amide bonds. The predicted octanol–water partition coefficient (Wildman–Crippen LogP) is -1.34. The van der Waals surface area contributed by atoms with E-state index in [-0.39, 0.29) is 18.0 Å². The van der Waals surface area contributed by atoms with Gasteiger partial charge in [-0.05, 0) is 24.1 Å². The Kier molecular flexibility index (Phi) is 6.15. The van der Waals surface area contributed by atoms with Crippen LogP contribution in [0.2, 0.25) is 0 Å². The summed E-state index contributed by atoms with van der Waals surface area (Å²) in [6, 6.07) is 7.45. The van der Waals surface area contributed by atoms with Crippen LogP contribution in [-0.4, -0.2) is 66.2 Å². The third-order valence-electron chi connectivity index (χ3n) is 4.93. The summed E-state index contributed by atoms with van der Waals surface area (Å²) in [4.78, 5) is 28.0. The van der Waals surface area contributed by atoms with Gasteiger partial charge in [-0.2, -0.15) is 5.10 Å². The van der Waals surface area contributed by atoms with E-state index < -0.39 is 11.2 Å². The van der Waals surface area contributed by atoms with E-state index in [9.17, 15) is 14.7 Å². The summed E-state index contributed by atoms with van der Waals surface area (Å²) in [7, 11) is 3.72. The van der Waals surface area contributed by atoms with Crippen LogP contribution in [0, 0.1) is 0 Å². The van der Waals surface area contributed by atoms with Crippen LogP contribution in [0.15, 0.2) is 39.0 Å². The van der Waals surface area contributed by atoms with Gasteiger partial charge in [-0.1, -0.05) is 12.1 Å². The lowest BCUT2D eigenvalue weighted by molar-refractivity contribution is -0.884. The van der Waals surface area contributed by atoms with E-state index in [1.165, 1.54) is 11.1 Å². The number of aromatic hydroxyl groups is 1. The fraction of sp³-hybridized carbons (Fsp3) is 0.421. The number of nitrogens with one attached hydrogen (secondary N) is 2. The summed E-state index contributed by atoms with van der Waals surface area (Å²) < 4.78 is 6.28. The molecule has 0 saturated carbocycles. The minimum absolute atomic E-state index is 0.0133. The Morgan fingerprint density at radius 3 is 2.57 bits per heavy atom. The van der Waals surface area contributed by atoms with Gasteiger partial charge < -0.3 is 14.7 Å². The van der Waals surface area contributed by atoms with E-state index in [0.717, 1.165) is 42.1 Å². The van der Waals surface area contributed by atoms with Gasteiger partial charge in [-0.3, -0.25) is 19.4 Å². The molecule has 0 atom stereocenters. The van der Waals surface area contributed by atoms with Crippen molar-refractivity contribution in [1.82, 2.24) is 14.6 Å². The molecule has 1 aromatic carbocycles. The largest absolute Gasteiger partial charge is 0.497 e. The first-order valence-corrected chi connectivity index (χ1v) is 9.27. The van der Waals surface area contributed by atoms with E-state index >= 15 is 0 Å². The first-order chi connectivity index (χ1) is 13.5. The zero-order chi connectivity index (χ0) is 20.1. The number of methoxy groups -OCH3 is 1. The topological polar surface area (TPSA) is 104 Å². The van der Waals surface area contributed by atoms with E-state index in [4.69, 9.17) is 4.74 Å². The molecule has 1 fully saturated rings. The Morgan fingerprint density at radius 2 is 1.93 bits per heavy atom. The number of H-pyrrole nitrogens is 1. The first-order valence-electron chi connectivity index (χ1n) is 9.27. The summed E-state index contributed by atoms with van der Waals surface area (Å²) in [5.41, 5.74) is -0.322. The van der Waals surface area contributed by atoms with Crippen molar-refractivity contribution < 1.29 is 14.7 Å². The average Bonchev–Trinajstić information content (AvgIpc) is 2.69. The number of aryl methyl sites for hydroxylation is 1. The molecule has 3 rings (SSSR count). The zero-order valence-corrected chi connectivity index (χ0v) is 16.1. The number of likely N-dealkylation sites (N-methyl/N-ethyl adjacent to an activating group) is 1. The maximum atomic E-state index is 12.1. The molecule has 9 heteroatoms. The Labute approximate surface area is 162 Å². The molecule has 1 aromatic heterocycles. The van der Waals surface area contributed by atoms with Crippen molar-refractivity contribution in [2.24, 2.45) is 5.10 Å². The normalized spacial score (nSPS) is 15.3. The maximum Gasteiger partial charge on any atom is 0.331 e. The van der Waals surface area contributed by atoms with E-state index in [0.29, 0.717) is 6.42 Å². The molecule has 1 aliphatic heterocycles. The SMILES string of the molecule is COc1ccc(CCn2c(O)c(/C=N/N3CC[NH+](C)CC3)c(=O)[nH]c2=O)cc1. The lowest BCUT2D eigenvalue weighted by Crippen LogP contribution is -3.11. The highest BCUT2D eigenvalue weighted by Crippen LogP contribution is 2.14. The van der Waals surface area contributed by atoms with Crippen LogP contribution < -0.4 is 20.9 Å². The average molecular weight is 388 g/mol. The van der Waals surface area contributed by atoms with Crippen LogP contribution in [0.1, 0.15) is 11.1 Å². The first kappa shape index (κ1) is 19.7. The molecule has 28 heavy (non-hydrogen) atoms. The number of ether oxygens (including phenoxy) is 1. The molecular formula is C19H26N5O4+. The van der Waals surface area contributed by atoms with Crippen LogP contribution in [0.25, 0.3) is 0 Å². The molecule has 1 saturated heterocycles. The third kappa shape index (κ3) is 4.61. The van der Waals surface area contributed by atoms with Gasteiger partial charge in [0.25, 0.3) is 5.56 Å². The highest BCUT2D eigenvalue weighted by atomic mass is 16.5. The Morgan fingerprint density at radius 1 is 1.25 bits per heavy atom. The number of aromatic nitrogens is 2. The van der Waals surface area contributed by atoms with Crippen LogP contribution in [0.5, 0.6) is 11.6 Å². The summed E-state index contributed by atoms with van der Waals surface area (Å²) in [6.45, 7) is 3.70. The van der Waals surface area contributed by atoms with Crippen molar-refractivity contribution in [3.05, 3.63) is 56.2 Å². The molecule has 2 heterocycles. The van der Waals surface area contributed by atoms with Crippen molar-refractivity contribution in [3.63, 3.8) is 0 Å². The number of rotatable bonds is 6. The molecule has 150 valence electrons. The molecular weight excluding hydrogens is 362 g/mol. The summed E-state index contributed by atoms with van der Waals surface area (Å²) in [5, 5.41) is 16.7. The van der Waals surface area contributed by atoms with E-state index in [2.05, 4.69) is 17.1 Å². The van der Waals surface area contributed by atoms with Gasteiger partial charge in [0.2, 0.25) is 5.88 Å². The van der Waals surface area contributed by atoms with Crippen LogP contribution >= 0.6 is 0 Å². The monoisotopic (exact) mass is 388 g/mol. The minimum atomic E-state index is -0.647. The highest BCUT2D eigenvalue weighted by Gasteiger charge is 2.16. The van der Waals surface area contributed by atoms with Gasteiger partial charge in [-0.25, -0.2) is 4.79 Å². The van der Waals surface area contributed by atoms with Crippen molar-refractivity contribution in [3.8, 4) is 11.6 Å². The smallest absolute Gasteiger partial charge is 0.331 e. The van der Waals surface area contributed by atoms with Crippen molar-refractivity contribution in [2.75, 3.05) is 40.3 Å². The van der Waals surface area contributed by atoms with Crippen LogP contribution in [0.3, 0.4) is 0 Å². The molecule has 2 aromatic rings. The van der Waals surface area contributed by atoms with Gasteiger partial charge in [0.05, 0.1) is 46.6 Å². The highest BCUT2D eigenvalue weighted by molar-refractivity contribution is 5.81. The quantitative estimate of drug-likeness (QED) is 0.532. The molecule has 0 aliphatic carbocycles. The number of piperazine rings is 1. The van der Waals surface area contributed by atoms with Crippen LogP contribution in [0.4, 0.5) is 0 Å². The van der Waals surface area contributed by atoms with Gasteiger partial charge in [0.15, 0.2) is 0 Å². The summed E-state index contributed by atoms with van der Waals surface area (Å²) >= 11 is 0. The Hall–Kier alpha value is -3.07. The number of nitrogens with zero attached hydrogens (tertiary/aromatic N) is 3. The molecule has 0 radical (unpaired) electrons. The van der Waals surface area contributed by atoms with Gasteiger partial charge >= 0.3 is 5.69 Å². The molecule has 0 unspecified atom stereocenters. The second-order valence-corrected chi connectivity index (χ2v) is 6.90. The number of hydrogen-bond donors (Lipinski definition) is 3. The minimum Gasteiger partial charge on any atom is -0.497 e. The van der Waals surface area contributed by atoms with Gasteiger partial charge in [0, 0.05) is 6.54 Å². The molecule has 3 N–H and O–H groups in total. The van der Waals surface area contributed by atoms with Crippen molar-refractivity contribution in [1.29, 1.82) is 0 Å². The lowest BCUT2D eigenvalue weighted by Gasteiger charge is -2.27. The third-order valence-corrected chi connectivity index (χ3v) is 4.93. The number of benzene rings is 1. The number of hydrogen-bond acceptors (Lipinski definition) is 6. The lowest BCUT2D eigenvalue weighted by atomic mass is 10.1. The van der Waals surface area contributed by atoms with E-state index in [1.807, 2.05) is 29.3 Å². The standard InChI is InChI=1S/C19H25N5O4/c1-22-9-11-23(12-10-22)20-13-16-17(25)21-19(27)24(18(16)26)8-7-14-3-5-15(28-2)6-4-14/h3-6,13,26H,7-12H2,1-2H3,(H,21,25,27)/p+1/b20-13+. The number of quaternary nitrogens is 1. The summed E-state index contributed by atoms with van der Waals surface area (Å²) in [5.74, 6) is 0.377. The molecule has 1 aliphatic rings. The predicted molar refractivity (Wildman–Crippen MR) is 105 cm³/mol. The molecule has 0 bridgehead atoms. The molecule has 0 spiro atoms. The summed E-state index contributed by atoms with van der Waals surface area (Å²) in [6.07, 6.45) is 1.85. The van der Waals surface area contributed by atoms with Gasteiger partial charge in [0.1, 0.15) is 11.3 Å². The van der Waals surface area contributed by atoms with Gasteiger partial charge in [-0.15, -0.1) is 0 Å². The number of aromatic amines is 1. The van der Waals surface area contributed by atoms with Crippen LogP contribution in [-0.2, 0) is 13.0 Å². The Bertz CT molecular complexity index is 940. The van der Waals surface area contributed by atoms with Crippen molar-refractivity contribution in [2.45, 2.75) is 13.0 Å². The fourth-order valence-electron chi connectivity index (χ4n) is 3.06. The van der Waals surface area contributed by atoms with E-state index in [1.54, 1.807) is 7.11 Å². The Balaban J connectivity index is 1.77. The molecule has 9 nitrogen and oxygen atoms in total. The van der Waals surface area contributed by atoms with Crippen molar-refractivity contribution >= 4 is 6.21 Å². The number of hydrazone groups is 1. The second kappa shape index (κ2) is 8.75.